The van der Waals surface area contributed by atoms with E-state index in [0.717, 1.165) is 17.4 Å². The van der Waals surface area contributed by atoms with Crippen LogP contribution in [0.4, 0.5) is 5.69 Å². The molecule has 0 radical (unpaired) electrons. The lowest BCUT2D eigenvalue weighted by Gasteiger charge is -2.21. The summed E-state index contributed by atoms with van der Waals surface area (Å²) in [5.74, 6) is 0.273. The van der Waals surface area contributed by atoms with E-state index in [4.69, 9.17) is 4.74 Å². The molecule has 0 bridgehead atoms. The van der Waals surface area contributed by atoms with Gasteiger partial charge in [-0.15, -0.1) is 0 Å². The minimum atomic E-state index is -3.32. The molecule has 0 unspecified atom stereocenters. The van der Waals surface area contributed by atoms with Crippen molar-refractivity contribution in [2.24, 2.45) is 0 Å². The first kappa shape index (κ1) is 20.8. The standard InChI is InChI=1S/C20H26N2O4S/c1-14-8-6-7-9-19(14)15(2)21-20(23)16(3)26-18-12-10-17(11-13-18)22(4)27(5,24)25/h6-13,15-16H,1-5H3,(H,21,23)/t15-,16-/m1/s1. The number of aryl methyl sites for hydroxylation is 1. The third kappa shape index (κ3) is 5.47. The van der Waals surface area contributed by atoms with Crippen LogP contribution in [-0.2, 0) is 14.8 Å². The second kappa shape index (κ2) is 8.43. The summed E-state index contributed by atoms with van der Waals surface area (Å²) in [6.45, 7) is 5.62. The topological polar surface area (TPSA) is 75.7 Å². The average Bonchev–Trinajstić information content (AvgIpc) is 2.61. The third-order valence-electron chi connectivity index (χ3n) is 4.39. The fraction of sp³-hybridized carbons (Fsp3) is 0.350. The Morgan fingerprint density at radius 3 is 2.22 bits per heavy atom. The van der Waals surface area contributed by atoms with Gasteiger partial charge in [-0.3, -0.25) is 9.10 Å². The van der Waals surface area contributed by atoms with Gasteiger partial charge in [-0.1, -0.05) is 24.3 Å². The zero-order valence-corrected chi connectivity index (χ0v) is 17.1. The zero-order chi connectivity index (χ0) is 20.2. The molecule has 2 aromatic rings. The maximum atomic E-state index is 12.4. The van der Waals surface area contributed by atoms with Crippen molar-refractivity contribution >= 4 is 21.6 Å². The molecule has 2 rings (SSSR count). The lowest BCUT2D eigenvalue weighted by atomic mass is 10.0. The first-order valence-corrected chi connectivity index (χ1v) is 10.5. The number of anilines is 1. The molecule has 2 aromatic carbocycles. The fourth-order valence-corrected chi connectivity index (χ4v) is 3.17. The van der Waals surface area contributed by atoms with E-state index in [1.807, 2.05) is 38.1 Å². The summed E-state index contributed by atoms with van der Waals surface area (Å²) in [5.41, 5.74) is 2.70. The van der Waals surface area contributed by atoms with Crippen molar-refractivity contribution < 1.29 is 17.9 Å². The number of benzene rings is 2. The fourth-order valence-electron chi connectivity index (χ4n) is 2.66. The lowest BCUT2D eigenvalue weighted by Crippen LogP contribution is -2.38. The van der Waals surface area contributed by atoms with E-state index in [1.165, 1.54) is 11.4 Å². The van der Waals surface area contributed by atoms with Crippen molar-refractivity contribution in [3.05, 3.63) is 59.7 Å². The predicted molar refractivity (Wildman–Crippen MR) is 108 cm³/mol. The molecule has 6 nitrogen and oxygen atoms in total. The van der Waals surface area contributed by atoms with Crippen molar-refractivity contribution in [2.75, 3.05) is 17.6 Å². The van der Waals surface area contributed by atoms with Crippen molar-refractivity contribution in [3.8, 4) is 5.75 Å². The van der Waals surface area contributed by atoms with Crippen molar-refractivity contribution in [1.82, 2.24) is 5.32 Å². The Hall–Kier alpha value is -2.54. The molecule has 0 aromatic heterocycles. The Bertz CT molecular complexity index is 894. The average molecular weight is 391 g/mol. The van der Waals surface area contributed by atoms with Gasteiger partial charge in [0.1, 0.15) is 5.75 Å². The SMILES string of the molecule is Cc1ccccc1[C@@H](C)NC(=O)[C@@H](C)Oc1ccc(N(C)S(C)(=O)=O)cc1. The van der Waals surface area contributed by atoms with Crippen LogP contribution in [0, 0.1) is 6.92 Å². The van der Waals surface area contributed by atoms with Gasteiger partial charge in [-0.05, 0) is 56.2 Å². The number of nitrogens with zero attached hydrogens (tertiary/aromatic N) is 1. The van der Waals surface area contributed by atoms with Crippen molar-refractivity contribution in [1.29, 1.82) is 0 Å². The molecule has 1 amide bonds. The molecular weight excluding hydrogens is 364 g/mol. The van der Waals surface area contributed by atoms with E-state index in [1.54, 1.807) is 31.2 Å². The number of amides is 1. The summed E-state index contributed by atoms with van der Waals surface area (Å²) in [5, 5.41) is 2.96. The Morgan fingerprint density at radius 1 is 1.07 bits per heavy atom. The minimum Gasteiger partial charge on any atom is -0.481 e. The summed E-state index contributed by atoms with van der Waals surface area (Å²) >= 11 is 0. The molecule has 2 atom stereocenters. The minimum absolute atomic E-state index is 0.129. The van der Waals surface area contributed by atoms with Gasteiger partial charge in [0, 0.05) is 7.05 Å². The second-order valence-electron chi connectivity index (χ2n) is 6.57. The van der Waals surface area contributed by atoms with E-state index in [0.29, 0.717) is 11.4 Å². The first-order valence-electron chi connectivity index (χ1n) is 8.66. The highest BCUT2D eigenvalue weighted by Crippen LogP contribution is 2.21. The van der Waals surface area contributed by atoms with Crippen LogP contribution in [0.25, 0.3) is 0 Å². The largest absolute Gasteiger partial charge is 0.481 e. The number of rotatable bonds is 7. The van der Waals surface area contributed by atoms with E-state index in [9.17, 15) is 13.2 Å². The molecule has 146 valence electrons. The second-order valence-corrected chi connectivity index (χ2v) is 8.59. The Labute approximate surface area is 161 Å². The molecule has 27 heavy (non-hydrogen) atoms. The first-order chi connectivity index (χ1) is 12.6. The summed E-state index contributed by atoms with van der Waals surface area (Å²) < 4.78 is 30.0. The number of nitrogens with one attached hydrogen (secondary N) is 1. The molecule has 0 aliphatic heterocycles. The highest BCUT2D eigenvalue weighted by molar-refractivity contribution is 7.92. The summed E-state index contributed by atoms with van der Waals surface area (Å²) in [7, 11) is -1.84. The molecule has 0 aliphatic carbocycles. The highest BCUT2D eigenvalue weighted by atomic mass is 32.2. The molecule has 0 saturated heterocycles. The molecule has 0 aliphatic rings. The zero-order valence-electron chi connectivity index (χ0n) is 16.3. The molecule has 0 fully saturated rings. The highest BCUT2D eigenvalue weighted by Gasteiger charge is 2.19. The van der Waals surface area contributed by atoms with Gasteiger partial charge >= 0.3 is 0 Å². The van der Waals surface area contributed by atoms with Crippen LogP contribution in [-0.4, -0.2) is 33.7 Å². The summed E-state index contributed by atoms with van der Waals surface area (Å²) in [6.07, 6.45) is 0.453. The number of carbonyl (C=O) groups excluding carboxylic acids is 1. The molecule has 1 N–H and O–H groups in total. The van der Waals surface area contributed by atoms with Crippen LogP contribution < -0.4 is 14.4 Å². The van der Waals surface area contributed by atoms with Gasteiger partial charge in [-0.2, -0.15) is 0 Å². The maximum absolute atomic E-state index is 12.4. The molecule has 0 spiro atoms. The van der Waals surface area contributed by atoms with Gasteiger partial charge in [0.05, 0.1) is 18.0 Å². The number of hydrogen-bond donors (Lipinski definition) is 1. The van der Waals surface area contributed by atoms with Crippen LogP contribution in [0.5, 0.6) is 5.75 Å². The number of hydrogen-bond acceptors (Lipinski definition) is 4. The van der Waals surface area contributed by atoms with Crippen LogP contribution in [0.2, 0.25) is 0 Å². The Morgan fingerprint density at radius 2 is 1.67 bits per heavy atom. The molecule has 0 saturated carbocycles. The summed E-state index contributed by atoms with van der Waals surface area (Å²) in [6, 6.07) is 14.3. The monoisotopic (exact) mass is 390 g/mol. The number of ether oxygens (including phenoxy) is 1. The number of carbonyl (C=O) groups is 1. The Balaban J connectivity index is 1.99. The molecular formula is C20H26N2O4S. The lowest BCUT2D eigenvalue weighted by molar-refractivity contribution is -0.127. The third-order valence-corrected chi connectivity index (χ3v) is 5.60. The van der Waals surface area contributed by atoms with Gasteiger partial charge in [0.25, 0.3) is 5.91 Å². The van der Waals surface area contributed by atoms with E-state index in [2.05, 4.69) is 5.32 Å². The van der Waals surface area contributed by atoms with Crippen LogP contribution >= 0.6 is 0 Å². The van der Waals surface area contributed by atoms with Gasteiger partial charge in [0.2, 0.25) is 10.0 Å². The van der Waals surface area contributed by atoms with Crippen molar-refractivity contribution in [2.45, 2.75) is 32.9 Å². The quantitative estimate of drug-likeness (QED) is 0.788. The molecule has 7 heteroatoms. The van der Waals surface area contributed by atoms with Crippen LogP contribution in [0.15, 0.2) is 48.5 Å². The van der Waals surface area contributed by atoms with Crippen molar-refractivity contribution in [3.63, 3.8) is 0 Å². The normalized spacial score (nSPS) is 13.5. The van der Waals surface area contributed by atoms with Gasteiger partial charge in [-0.25, -0.2) is 8.42 Å². The van der Waals surface area contributed by atoms with E-state index < -0.39 is 16.1 Å². The van der Waals surface area contributed by atoms with E-state index in [-0.39, 0.29) is 11.9 Å². The maximum Gasteiger partial charge on any atom is 0.261 e. The Kier molecular flexibility index (Phi) is 6.49. The smallest absolute Gasteiger partial charge is 0.261 e. The van der Waals surface area contributed by atoms with Gasteiger partial charge < -0.3 is 10.1 Å². The number of sulfonamides is 1. The van der Waals surface area contributed by atoms with Crippen LogP contribution in [0.3, 0.4) is 0 Å². The van der Waals surface area contributed by atoms with E-state index >= 15 is 0 Å². The van der Waals surface area contributed by atoms with Crippen LogP contribution in [0.1, 0.15) is 31.0 Å². The molecule has 0 heterocycles. The van der Waals surface area contributed by atoms with Gasteiger partial charge in [0.15, 0.2) is 6.10 Å². The predicted octanol–water partition coefficient (Wildman–Crippen LogP) is 3.04. The summed E-state index contributed by atoms with van der Waals surface area (Å²) in [4.78, 5) is 12.4.